The van der Waals surface area contributed by atoms with Crippen LogP contribution < -0.4 is 5.32 Å². The number of fused-ring (bicyclic) bond motifs is 1. The van der Waals surface area contributed by atoms with Crippen LogP contribution in [0.2, 0.25) is 0 Å². The van der Waals surface area contributed by atoms with Crippen molar-refractivity contribution in [2.45, 2.75) is 25.3 Å². The summed E-state index contributed by atoms with van der Waals surface area (Å²) in [5.74, 6) is -0.119. The Labute approximate surface area is 93.9 Å². The van der Waals surface area contributed by atoms with Gasteiger partial charge in [-0.1, -0.05) is 6.07 Å². The van der Waals surface area contributed by atoms with E-state index in [-0.39, 0.29) is 5.82 Å². The number of aromatic nitrogens is 1. The van der Waals surface area contributed by atoms with E-state index in [2.05, 4.69) is 10.3 Å². The highest BCUT2D eigenvalue weighted by atomic mass is 19.1. The summed E-state index contributed by atoms with van der Waals surface area (Å²) in [6.45, 7) is 1.09. The van der Waals surface area contributed by atoms with Crippen LogP contribution in [-0.2, 0) is 6.42 Å². The second kappa shape index (κ2) is 3.91. The van der Waals surface area contributed by atoms with Crippen molar-refractivity contribution in [1.29, 1.82) is 0 Å². The minimum absolute atomic E-state index is 0.119. The highest BCUT2D eigenvalue weighted by Gasteiger charge is 2.17. The normalized spacial score (nSPS) is 20.7. The van der Waals surface area contributed by atoms with Gasteiger partial charge in [-0.25, -0.2) is 4.39 Å². The molecule has 2 nitrogen and oxygen atoms in total. The molecule has 0 radical (unpaired) electrons. The van der Waals surface area contributed by atoms with E-state index in [4.69, 9.17) is 0 Å². The number of hydrogen-bond acceptors (Lipinski definition) is 1. The summed E-state index contributed by atoms with van der Waals surface area (Å²) in [5, 5.41) is 4.20. The second-order valence-corrected chi connectivity index (χ2v) is 4.47. The molecule has 2 N–H and O–H groups in total. The third-order valence-electron chi connectivity index (χ3n) is 3.37. The van der Waals surface area contributed by atoms with Gasteiger partial charge >= 0.3 is 0 Å². The number of rotatable bonds is 2. The number of halogens is 1. The van der Waals surface area contributed by atoms with Crippen LogP contribution in [0.5, 0.6) is 0 Å². The smallest absolute Gasteiger partial charge is 0.132 e. The fourth-order valence-electron chi connectivity index (χ4n) is 2.57. The van der Waals surface area contributed by atoms with E-state index in [1.54, 1.807) is 6.07 Å². The molecule has 2 aromatic rings. The summed E-state index contributed by atoms with van der Waals surface area (Å²) in [6, 6.07) is 5.70. The Morgan fingerprint density at radius 3 is 3.12 bits per heavy atom. The first-order chi connectivity index (χ1) is 7.84. The summed E-state index contributed by atoms with van der Waals surface area (Å²) < 4.78 is 13.7. The molecule has 2 heterocycles. The largest absolute Gasteiger partial charge is 0.361 e. The van der Waals surface area contributed by atoms with E-state index >= 15 is 0 Å². The molecule has 0 amide bonds. The van der Waals surface area contributed by atoms with Crippen molar-refractivity contribution in [3.63, 3.8) is 0 Å². The van der Waals surface area contributed by atoms with E-state index in [0.29, 0.717) is 6.04 Å². The molecule has 1 aromatic heterocycles. The van der Waals surface area contributed by atoms with Crippen LogP contribution in [0.25, 0.3) is 10.9 Å². The number of H-pyrrole nitrogens is 1. The van der Waals surface area contributed by atoms with Crippen LogP contribution in [-0.4, -0.2) is 17.6 Å². The van der Waals surface area contributed by atoms with Gasteiger partial charge in [0, 0.05) is 23.1 Å². The minimum atomic E-state index is -0.119. The molecule has 3 rings (SSSR count). The number of aromatic amines is 1. The molecular weight excluding hydrogens is 203 g/mol. The van der Waals surface area contributed by atoms with Gasteiger partial charge in [0.25, 0.3) is 0 Å². The van der Waals surface area contributed by atoms with E-state index in [1.807, 2.05) is 12.3 Å². The van der Waals surface area contributed by atoms with Crippen molar-refractivity contribution in [2.75, 3.05) is 6.54 Å². The standard InChI is InChI=1S/C13H15FN2/c14-11-4-1-5-12-13(11)9(8-16-12)7-10-3-2-6-15-10/h1,4-5,8,10,15-16H,2-3,6-7H2/t10-/m1/s1. The van der Waals surface area contributed by atoms with E-state index < -0.39 is 0 Å². The van der Waals surface area contributed by atoms with Crippen molar-refractivity contribution < 1.29 is 4.39 Å². The van der Waals surface area contributed by atoms with Crippen LogP contribution in [0.3, 0.4) is 0 Å². The fourth-order valence-corrected chi connectivity index (χ4v) is 2.57. The highest BCUT2D eigenvalue weighted by molar-refractivity contribution is 5.83. The second-order valence-electron chi connectivity index (χ2n) is 4.47. The quantitative estimate of drug-likeness (QED) is 0.796. The molecule has 1 aromatic carbocycles. The summed E-state index contributed by atoms with van der Waals surface area (Å²) in [5.41, 5.74) is 1.99. The molecule has 84 valence electrons. The lowest BCUT2D eigenvalue weighted by atomic mass is 10.0. The molecule has 0 spiro atoms. The molecule has 3 heteroatoms. The first-order valence-corrected chi connectivity index (χ1v) is 5.82. The van der Waals surface area contributed by atoms with Crippen LogP contribution in [0.1, 0.15) is 18.4 Å². The monoisotopic (exact) mass is 218 g/mol. The zero-order valence-corrected chi connectivity index (χ0v) is 9.09. The summed E-state index contributed by atoms with van der Waals surface area (Å²) in [4.78, 5) is 3.14. The number of benzene rings is 1. The Morgan fingerprint density at radius 2 is 2.31 bits per heavy atom. The maximum Gasteiger partial charge on any atom is 0.132 e. The summed E-state index contributed by atoms with van der Waals surface area (Å²) >= 11 is 0. The Bertz CT molecular complexity index is 498. The van der Waals surface area contributed by atoms with E-state index in [1.165, 1.54) is 18.9 Å². The van der Waals surface area contributed by atoms with Crippen molar-refractivity contribution in [3.05, 3.63) is 35.8 Å². The summed E-state index contributed by atoms with van der Waals surface area (Å²) in [7, 11) is 0. The Morgan fingerprint density at radius 1 is 1.38 bits per heavy atom. The van der Waals surface area contributed by atoms with Crippen molar-refractivity contribution in [3.8, 4) is 0 Å². The predicted octanol–water partition coefficient (Wildman–Crippen LogP) is 2.60. The number of nitrogens with one attached hydrogen (secondary N) is 2. The lowest BCUT2D eigenvalue weighted by Gasteiger charge is -2.08. The Hall–Kier alpha value is -1.35. The molecule has 0 saturated carbocycles. The molecule has 1 atom stereocenters. The highest BCUT2D eigenvalue weighted by Crippen LogP contribution is 2.24. The zero-order valence-electron chi connectivity index (χ0n) is 9.09. The van der Waals surface area contributed by atoms with Crippen molar-refractivity contribution in [2.24, 2.45) is 0 Å². The van der Waals surface area contributed by atoms with Crippen molar-refractivity contribution in [1.82, 2.24) is 10.3 Å². The molecule has 1 fully saturated rings. The molecular formula is C13H15FN2. The third-order valence-corrected chi connectivity index (χ3v) is 3.37. The maximum absolute atomic E-state index is 13.7. The van der Waals surface area contributed by atoms with Gasteiger partial charge in [-0.2, -0.15) is 0 Å². The molecule has 1 aliphatic rings. The molecule has 1 aliphatic heterocycles. The molecule has 0 bridgehead atoms. The minimum Gasteiger partial charge on any atom is -0.361 e. The van der Waals surface area contributed by atoms with Gasteiger partial charge in [0.1, 0.15) is 5.82 Å². The molecule has 16 heavy (non-hydrogen) atoms. The first kappa shape index (κ1) is 9.85. The van der Waals surface area contributed by atoms with Crippen LogP contribution in [0, 0.1) is 5.82 Å². The Balaban J connectivity index is 1.97. The van der Waals surface area contributed by atoms with Crippen LogP contribution in [0.15, 0.2) is 24.4 Å². The predicted molar refractivity (Wildman–Crippen MR) is 63.0 cm³/mol. The topological polar surface area (TPSA) is 27.8 Å². The Kier molecular flexibility index (Phi) is 2.40. The lowest BCUT2D eigenvalue weighted by Crippen LogP contribution is -2.23. The lowest BCUT2D eigenvalue weighted by molar-refractivity contribution is 0.601. The van der Waals surface area contributed by atoms with Crippen LogP contribution in [0.4, 0.5) is 4.39 Å². The van der Waals surface area contributed by atoms with Crippen molar-refractivity contribution >= 4 is 10.9 Å². The van der Waals surface area contributed by atoms with Gasteiger partial charge in [-0.05, 0) is 43.5 Å². The van der Waals surface area contributed by atoms with Gasteiger partial charge < -0.3 is 10.3 Å². The fraction of sp³-hybridized carbons (Fsp3) is 0.385. The van der Waals surface area contributed by atoms with E-state index in [0.717, 1.165) is 29.4 Å². The number of hydrogen-bond donors (Lipinski definition) is 2. The maximum atomic E-state index is 13.7. The molecule has 0 unspecified atom stereocenters. The molecule has 0 aliphatic carbocycles. The van der Waals surface area contributed by atoms with Gasteiger partial charge in [-0.15, -0.1) is 0 Å². The third kappa shape index (κ3) is 1.61. The average Bonchev–Trinajstić information content (AvgIpc) is 2.90. The van der Waals surface area contributed by atoms with Gasteiger partial charge in [0.15, 0.2) is 0 Å². The summed E-state index contributed by atoms with van der Waals surface area (Å²) in [6.07, 6.45) is 5.28. The van der Waals surface area contributed by atoms with E-state index in [9.17, 15) is 4.39 Å². The zero-order chi connectivity index (χ0) is 11.0. The van der Waals surface area contributed by atoms with Gasteiger partial charge in [-0.3, -0.25) is 0 Å². The SMILES string of the molecule is Fc1cccc2[nH]cc(C[C@H]3CCCN3)c12. The average molecular weight is 218 g/mol. The van der Waals surface area contributed by atoms with Gasteiger partial charge in [0.2, 0.25) is 0 Å². The van der Waals surface area contributed by atoms with Crippen LogP contribution >= 0.6 is 0 Å². The molecule has 1 saturated heterocycles. The van der Waals surface area contributed by atoms with Gasteiger partial charge in [0.05, 0.1) is 0 Å². The first-order valence-electron chi connectivity index (χ1n) is 5.82.